The van der Waals surface area contributed by atoms with Gasteiger partial charge in [0.2, 0.25) is 5.91 Å². The lowest BCUT2D eigenvalue weighted by Gasteiger charge is -2.24. The SMILES string of the molecule is C[C@H](N)C(=O)N(CCc1c[nH]cn1)c1ccc2ccccc2c1. The van der Waals surface area contributed by atoms with Gasteiger partial charge in [0.15, 0.2) is 0 Å². The van der Waals surface area contributed by atoms with Crippen LogP contribution < -0.4 is 10.6 Å². The van der Waals surface area contributed by atoms with Crippen molar-refractivity contribution >= 4 is 22.4 Å². The first-order chi connectivity index (χ1) is 11.1. The molecule has 0 aliphatic rings. The highest BCUT2D eigenvalue weighted by Crippen LogP contribution is 2.23. The van der Waals surface area contributed by atoms with Crippen LogP contribution in [0.1, 0.15) is 12.6 Å². The third kappa shape index (κ3) is 3.40. The summed E-state index contributed by atoms with van der Waals surface area (Å²) in [4.78, 5) is 21.4. The van der Waals surface area contributed by atoms with Gasteiger partial charge in [-0.1, -0.05) is 30.3 Å². The van der Waals surface area contributed by atoms with Gasteiger partial charge in [0.05, 0.1) is 18.1 Å². The zero-order valence-electron chi connectivity index (χ0n) is 13.1. The highest BCUT2D eigenvalue weighted by Gasteiger charge is 2.19. The minimum atomic E-state index is -0.541. The summed E-state index contributed by atoms with van der Waals surface area (Å²) in [5, 5.41) is 2.25. The number of nitrogens with zero attached hydrogens (tertiary/aromatic N) is 2. The van der Waals surface area contributed by atoms with Gasteiger partial charge in [-0.15, -0.1) is 0 Å². The average molecular weight is 308 g/mol. The smallest absolute Gasteiger partial charge is 0.243 e. The lowest BCUT2D eigenvalue weighted by molar-refractivity contribution is -0.119. The molecule has 2 aromatic carbocycles. The van der Waals surface area contributed by atoms with E-state index in [2.05, 4.69) is 16.0 Å². The van der Waals surface area contributed by atoms with Crippen molar-refractivity contribution in [3.8, 4) is 0 Å². The summed E-state index contributed by atoms with van der Waals surface area (Å²) in [6.07, 6.45) is 4.16. The minimum Gasteiger partial charge on any atom is -0.351 e. The number of hydrogen-bond donors (Lipinski definition) is 2. The molecular weight excluding hydrogens is 288 g/mol. The number of fused-ring (bicyclic) bond motifs is 1. The Morgan fingerprint density at radius 2 is 2.04 bits per heavy atom. The molecule has 1 heterocycles. The van der Waals surface area contributed by atoms with Crippen molar-refractivity contribution in [3.63, 3.8) is 0 Å². The van der Waals surface area contributed by atoms with E-state index in [-0.39, 0.29) is 5.91 Å². The van der Waals surface area contributed by atoms with Crippen molar-refractivity contribution < 1.29 is 4.79 Å². The highest BCUT2D eigenvalue weighted by molar-refractivity contribution is 5.99. The summed E-state index contributed by atoms with van der Waals surface area (Å²) in [5.74, 6) is -0.0872. The van der Waals surface area contributed by atoms with Gasteiger partial charge in [-0.05, 0) is 29.8 Å². The fourth-order valence-corrected chi connectivity index (χ4v) is 2.61. The van der Waals surface area contributed by atoms with E-state index >= 15 is 0 Å². The Morgan fingerprint density at radius 1 is 1.26 bits per heavy atom. The molecule has 1 amide bonds. The van der Waals surface area contributed by atoms with Crippen molar-refractivity contribution in [2.75, 3.05) is 11.4 Å². The predicted octanol–water partition coefficient (Wildman–Crippen LogP) is 2.49. The van der Waals surface area contributed by atoms with E-state index in [0.717, 1.165) is 22.2 Å². The molecule has 3 aromatic rings. The van der Waals surface area contributed by atoms with Crippen LogP contribution in [-0.2, 0) is 11.2 Å². The molecule has 0 aliphatic carbocycles. The monoisotopic (exact) mass is 308 g/mol. The molecule has 5 nitrogen and oxygen atoms in total. The number of anilines is 1. The summed E-state index contributed by atoms with van der Waals surface area (Å²) < 4.78 is 0. The van der Waals surface area contributed by atoms with Gasteiger partial charge < -0.3 is 15.6 Å². The fourth-order valence-electron chi connectivity index (χ4n) is 2.61. The summed E-state index contributed by atoms with van der Waals surface area (Å²) >= 11 is 0. The number of carbonyl (C=O) groups is 1. The number of aromatic amines is 1. The molecule has 3 N–H and O–H groups in total. The maximum Gasteiger partial charge on any atom is 0.243 e. The quantitative estimate of drug-likeness (QED) is 0.760. The predicted molar refractivity (Wildman–Crippen MR) is 92.2 cm³/mol. The molecule has 3 rings (SSSR count). The molecule has 0 saturated heterocycles. The molecule has 0 bridgehead atoms. The number of H-pyrrole nitrogens is 1. The van der Waals surface area contributed by atoms with Crippen LogP contribution in [0.2, 0.25) is 0 Å². The molecule has 5 heteroatoms. The van der Waals surface area contributed by atoms with Gasteiger partial charge in [-0.2, -0.15) is 0 Å². The van der Waals surface area contributed by atoms with E-state index in [1.54, 1.807) is 18.2 Å². The third-order valence-electron chi connectivity index (χ3n) is 3.85. The van der Waals surface area contributed by atoms with E-state index in [4.69, 9.17) is 5.73 Å². The number of nitrogens with two attached hydrogens (primary N) is 1. The van der Waals surface area contributed by atoms with Crippen LogP contribution >= 0.6 is 0 Å². The number of aromatic nitrogens is 2. The Balaban J connectivity index is 1.90. The van der Waals surface area contributed by atoms with Gasteiger partial charge in [-0.3, -0.25) is 4.79 Å². The number of nitrogens with one attached hydrogen (secondary N) is 1. The number of amides is 1. The standard InChI is InChI=1S/C18H20N4O/c1-13(19)18(23)22(9-8-16-11-20-12-21-16)17-7-6-14-4-2-3-5-15(14)10-17/h2-7,10-13H,8-9,19H2,1H3,(H,20,21)/t13-/m0/s1. The summed E-state index contributed by atoms with van der Waals surface area (Å²) in [7, 11) is 0. The van der Waals surface area contributed by atoms with Gasteiger partial charge in [0, 0.05) is 24.8 Å². The van der Waals surface area contributed by atoms with Crippen LogP contribution in [-0.4, -0.2) is 28.5 Å². The van der Waals surface area contributed by atoms with Gasteiger partial charge in [-0.25, -0.2) is 4.98 Å². The van der Waals surface area contributed by atoms with Crippen molar-refractivity contribution in [3.05, 3.63) is 60.7 Å². The molecular formula is C18H20N4O. The van der Waals surface area contributed by atoms with E-state index in [1.165, 1.54) is 0 Å². The molecule has 0 saturated carbocycles. The Kier molecular flexibility index (Phi) is 4.39. The van der Waals surface area contributed by atoms with E-state index < -0.39 is 6.04 Å². The Labute approximate surface area is 135 Å². The Hall–Kier alpha value is -2.66. The van der Waals surface area contributed by atoms with Crippen molar-refractivity contribution in [1.82, 2.24) is 9.97 Å². The average Bonchev–Trinajstić information content (AvgIpc) is 3.08. The summed E-state index contributed by atoms with van der Waals surface area (Å²) in [6, 6.07) is 13.6. The van der Waals surface area contributed by atoms with Crippen LogP contribution in [0, 0.1) is 0 Å². The van der Waals surface area contributed by atoms with Crippen molar-refractivity contribution in [2.45, 2.75) is 19.4 Å². The van der Waals surface area contributed by atoms with Crippen LogP contribution in [0.25, 0.3) is 10.8 Å². The van der Waals surface area contributed by atoms with Crippen molar-refractivity contribution in [2.24, 2.45) is 5.73 Å². The fraction of sp³-hybridized carbons (Fsp3) is 0.222. The van der Waals surface area contributed by atoms with Crippen molar-refractivity contribution in [1.29, 1.82) is 0 Å². The maximum atomic E-state index is 12.5. The molecule has 0 aliphatic heterocycles. The number of rotatable bonds is 5. The van der Waals surface area contributed by atoms with E-state index in [0.29, 0.717) is 13.0 Å². The molecule has 1 atom stereocenters. The number of hydrogen-bond acceptors (Lipinski definition) is 3. The largest absolute Gasteiger partial charge is 0.351 e. The van der Waals surface area contributed by atoms with Crippen LogP contribution in [0.4, 0.5) is 5.69 Å². The maximum absolute atomic E-state index is 12.5. The molecule has 1 aromatic heterocycles. The number of benzene rings is 2. The topological polar surface area (TPSA) is 75.0 Å². The zero-order valence-corrected chi connectivity index (χ0v) is 13.1. The van der Waals surface area contributed by atoms with Gasteiger partial charge in [0.25, 0.3) is 0 Å². The molecule has 0 radical (unpaired) electrons. The van der Waals surface area contributed by atoms with Crippen LogP contribution in [0.5, 0.6) is 0 Å². The zero-order chi connectivity index (χ0) is 16.2. The Morgan fingerprint density at radius 3 is 2.74 bits per heavy atom. The lowest BCUT2D eigenvalue weighted by atomic mass is 10.1. The molecule has 0 spiro atoms. The lowest BCUT2D eigenvalue weighted by Crippen LogP contribution is -2.43. The summed E-state index contributed by atoms with van der Waals surface area (Å²) in [5.41, 5.74) is 7.61. The second kappa shape index (κ2) is 6.62. The van der Waals surface area contributed by atoms with E-state index in [1.807, 2.05) is 42.6 Å². The first-order valence-corrected chi connectivity index (χ1v) is 7.68. The minimum absolute atomic E-state index is 0.0872. The van der Waals surface area contributed by atoms with E-state index in [9.17, 15) is 4.79 Å². The van der Waals surface area contributed by atoms with Crippen LogP contribution in [0.3, 0.4) is 0 Å². The number of carbonyl (C=O) groups excluding carboxylic acids is 1. The second-order valence-electron chi connectivity index (χ2n) is 5.62. The summed E-state index contributed by atoms with van der Waals surface area (Å²) in [6.45, 7) is 2.26. The second-order valence-corrected chi connectivity index (χ2v) is 5.62. The first kappa shape index (κ1) is 15.2. The molecule has 118 valence electrons. The molecule has 23 heavy (non-hydrogen) atoms. The molecule has 0 fully saturated rings. The van der Waals surface area contributed by atoms with Gasteiger partial charge in [0.1, 0.15) is 0 Å². The van der Waals surface area contributed by atoms with Gasteiger partial charge >= 0.3 is 0 Å². The first-order valence-electron chi connectivity index (χ1n) is 7.68. The molecule has 0 unspecified atom stereocenters. The highest BCUT2D eigenvalue weighted by atomic mass is 16.2. The Bertz CT molecular complexity index is 796. The third-order valence-corrected chi connectivity index (χ3v) is 3.85. The normalized spacial score (nSPS) is 12.3. The number of imidazole rings is 1. The van der Waals surface area contributed by atoms with Crippen LogP contribution in [0.15, 0.2) is 55.0 Å².